The van der Waals surface area contributed by atoms with Crippen molar-refractivity contribution in [2.45, 2.75) is 31.0 Å². The Hall–Kier alpha value is -1.52. The Morgan fingerprint density at radius 3 is 2.95 bits per heavy atom. The van der Waals surface area contributed by atoms with Crippen LogP contribution in [0.25, 0.3) is 6.08 Å². The molecule has 0 unspecified atom stereocenters. The SMILES string of the molecule is COCO[C@H]1CC[C@@H]2C=Cc3ccc(OC)c4c3[C@@H]2[C@@H]1O4. The maximum atomic E-state index is 6.29. The zero-order chi connectivity index (χ0) is 14.4. The molecular weight excluding hydrogens is 268 g/mol. The van der Waals surface area contributed by atoms with Crippen LogP contribution in [0.5, 0.6) is 11.5 Å². The number of rotatable bonds is 4. The zero-order valence-electron chi connectivity index (χ0n) is 12.4. The Labute approximate surface area is 124 Å². The van der Waals surface area contributed by atoms with E-state index in [9.17, 15) is 0 Å². The third kappa shape index (κ3) is 1.89. The van der Waals surface area contributed by atoms with Gasteiger partial charge in [0, 0.05) is 18.6 Å². The highest BCUT2D eigenvalue weighted by Gasteiger charge is 2.49. The van der Waals surface area contributed by atoms with Crippen molar-refractivity contribution in [3.8, 4) is 11.5 Å². The molecular formula is C17H20O4. The highest BCUT2D eigenvalue weighted by atomic mass is 16.7. The standard InChI is InChI=1S/C17H20O4/c1-18-9-20-13-8-6-11-4-3-10-5-7-12(19-2)16-14(10)15(11)17(13)21-16/h3-5,7,11,13,15,17H,6,8-9H2,1-2H3/t11-,13-,15+,17+/m0/s1. The van der Waals surface area contributed by atoms with Crippen LogP contribution >= 0.6 is 0 Å². The molecule has 112 valence electrons. The fourth-order valence-corrected chi connectivity index (χ4v) is 3.98. The lowest BCUT2D eigenvalue weighted by Crippen LogP contribution is -2.43. The van der Waals surface area contributed by atoms with Crippen LogP contribution in [0, 0.1) is 5.92 Å². The molecule has 1 aliphatic heterocycles. The largest absolute Gasteiger partial charge is 0.493 e. The first-order chi connectivity index (χ1) is 10.3. The minimum Gasteiger partial charge on any atom is -0.493 e. The Morgan fingerprint density at radius 2 is 2.14 bits per heavy atom. The quantitative estimate of drug-likeness (QED) is 0.798. The summed E-state index contributed by atoms with van der Waals surface area (Å²) in [4.78, 5) is 0. The molecule has 2 aliphatic carbocycles. The number of allylic oxidation sites excluding steroid dienone is 1. The molecule has 1 saturated carbocycles. The van der Waals surface area contributed by atoms with Crippen molar-refractivity contribution >= 4 is 6.08 Å². The highest BCUT2D eigenvalue weighted by Crippen LogP contribution is 2.56. The summed E-state index contributed by atoms with van der Waals surface area (Å²) in [6.45, 7) is 0.318. The van der Waals surface area contributed by atoms with Crippen molar-refractivity contribution in [1.82, 2.24) is 0 Å². The van der Waals surface area contributed by atoms with E-state index in [-0.39, 0.29) is 12.2 Å². The van der Waals surface area contributed by atoms with Gasteiger partial charge in [-0.1, -0.05) is 18.2 Å². The minimum atomic E-state index is 0.0638. The average Bonchev–Trinajstić information content (AvgIpc) is 2.93. The Balaban J connectivity index is 1.75. The van der Waals surface area contributed by atoms with Gasteiger partial charge in [-0.2, -0.15) is 0 Å². The molecule has 4 nitrogen and oxygen atoms in total. The molecule has 0 N–H and O–H groups in total. The maximum Gasteiger partial charge on any atom is 0.165 e. The van der Waals surface area contributed by atoms with Crippen LogP contribution in [0.1, 0.15) is 29.9 Å². The molecule has 21 heavy (non-hydrogen) atoms. The molecule has 0 radical (unpaired) electrons. The normalized spacial score (nSPS) is 31.7. The Morgan fingerprint density at radius 1 is 1.24 bits per heavy atom. The molecule has 4 atom stereocenters. The topological polar surface area (TPSA) is 36.9 Å². The number of benzene rings is 1. The van der Waals surface area contributed by atoms with Crippen LogP contribution in [0.4, 0.5) is 0 Å². The first-order valence-corrected chi connectivity index (χ1v) is 7.49. The van der Waals surface area contributed by atoms with Crippen molar-refractivity contribution in [3.63, 3.8) is 0 Å². The molecule has 3 aliphatic rings. The molecule has 1 aromatic rings. The van der Waals surface area contributed by atoms with Gasteiger partial charge in [-0.05, 0) is 30.4 Å². The maximum absolute atomic E-state index is 6.29. The predicted octanol–water partition coefficient (Wildman–Crippen LogP) is 2.97. The van der Waals surface area contributed by atoms with E-state index >= 15 is 0 Å². The van der Waals surface area contributed by atoms with Crippen LogP contribution in [0.2, 0.25) is 0 Å². The summed E-state index contributed by atoms with van der Waals surface area (Å²) in [7, 11) is 3.35. The molecule has 0 aromatic heterocycles. The van der Waals surface area contributed by atoms with Crippen LogP contribution in [0.3, 0.4) is 0 Å². The lowest BCUT2D eigenvalue weighted by atomic mass is 9.70. The molecule has 0 amide bonds. The summed E-state index contributed by atoms with van der Waals surface area (Å²) in [6.07, 6.45) is 6.84. The van der Waals surface area contributed by atoms with Crippen molar-refractivity contribution < 1.29 is 18.9 Å². The van der Waals surface area contributed by atoms with E-state index in [0.29, 0.717) is 18.6 Å². The van der Waals surface area contributed by atoms with Gasteiger partial charge in [0.15, 0.2) is 11.5 Å². The first kappa shape index (κ1) is 13.2. The van der Waals surface area contributed by atoms with Gasteiger partial charge in [0.25, 0.3) is 0 Å². The lowest BCUT2D eigenvalue weighted by Gasteiger charge is -2.38. The summed E-state index contributed by atoms with van der Waals surface area (Å²) in [5.41, 5.74) is 2.56. The van der Waals surface area contributed by atoms with Crippen molar-refractivity contribution in [3.05, 3.63) is 29.3 Å². The summed E-state index contributed by atoms with van der Waals surface area (Å²) >= 11 is 0. The number of ether oxygens (including phenoxy) is 4. The molecule has 0 saturated heterocycles. The van der Waals surface area contributed by atoms with E-state index in [4.69, 9.17) is 18.9 Å². The minimum absolute atomic E-state index is 0.0638. The van der Waals surface area contributed by atoms with Gasteiger partial charge >= 0.3 is 0 Å². The monoisotopic (exact) mass is 288 g/mol. The third-order valence-electron chi connectivity index (χ3n) is 4.89. The summed E-state index contributed by atoms with van der Waals surface area (Å²) in [6, 6.07) is 4.11. The van der Waals surface area contributed by atoms with E-state index in [1.54, 1.807) is 14.2 Å². The van der Waals surface area contributed by atoms with Gasteiger partial charge < -0.3 is 18.9 Å². The molecule has 0 bridgehead atoms. The van der Waals surface area contributed by atoms with Gasteiger partial charge in [0.2, 0.25) is 0 Å². The smallest absolute Gasteiger partial charge is 0.165 e. The second-order valence-electron chi connectivity index (χ2n) is 5.92. The van der Waals surface area contributed by atoms with Gasteiger partial charge in [0.1, 0.15) is 12.9 Å². The molecule has 0 spiro atoms. The molecule has 1 fully saturated rings. The van der Waals surface area contributed by atoms with Crippen LogP contribution in [-0.4, -0.2) is 33.2 Å². The lowest BCUT2D eigenvalue weighted by molar-refractivity contribution is -0.121. The first-order valence-electron chi connectivity index (χ1n) is 7.49. The second-order valence-corrected chi connectivity index (χ2v) is 5.92. The molecule has 4 heteroatoms. The van der Waals surface area contributed by atoms with E-state index < -0.39 is 0 Å². The predicted molar refractivity (Wildman–Crippen MR) is 78.7 cm³/mol. The van der Waals surface area contributed by atoms with Crippen LogP contribution in [0.15, 0.2) is 18.2 Å². The zero-order valence-corrected chi connectivity index (χ0v) is 12.4. The number of hydrogen-bond acceptors (Lipinski definition) is 4. The molecule has 4 rings (SSSR count). The van der Waals surface area contributed by atoms with Crippen molar-refractivity contribution in [2.24, 2.45) is 5.92 Å². The van der Waals surface area contributed by atoms with Gasteiger partial charge in [0.05, 0.1) is 13.2 Å². The third-order valence-corrected chi connectivity index (χ3v) is 4.89. The van der Waals surface area contributed by atoms with Gasteiger partial charge in [-0.3, -0.25) is 0 Å². The Kier molecular flexibility index (Phi) is 3.16. The summed E-state index contributed by atoms with van der Waals surface area (Å²) < 4.78 is 22.7. The van der Waals surface area contributed by atoms with Crippen LogP contribution < -0.4 is 9.47 Å². The van der Waals surface area contributed by atoms with E-state index in [1.807, 2.05) is 6.07 Å². The van der Waals surface area contributed by atoms with Crippen LogP contribution in [-0.2, 0) is 9.47 Å². The molecule has 1 heterocycles. The van der Waals surface area contributed by atoms with Crippen molar-refractivity contribution in [2.75, 3.05) is 21.0 Å². The number of hydrogen-bond donors (Lipinski definition) is 0. The summed E-state index contributed by atoms with van der Waals surface area (Å²) in [5, 5.41) is 0. The second kappa shape index (κ2) is 5.04. The highest BCUT2D eigenvalue weighted by molar-refractivity contribution is 5.68. The van der Waals surface area contributed by atoms with E-state index in [1.165, 1.54) is 11.1 Å². The Bertz CT molecular complexity index is 580. The summed E-state index contributed by atoms with van der Waals surface area (Å²) in [5.74, 6) is 2.65. The molecule has 1 aromatic carbocycles. The van der Waals surface area contributed by atoms with Gasteiger partial charge in [-0.15, -0.1) is 0 Å². The van der Waals surface area contributed by atoms with E-state index in [0.717, 1.165) is 24.3 Å². The van der Waals surface area contributed by atoms with Gasteiger partial charge in [-0.25, -0.2) is 0 Å². The van der Waals surface area contributed by atoms with E-state index in [2.05, 4.69) is 18.2 Å². The fourth-order valence-electron chi connectivity index (χ4n) is 3.98. The van der Waals surface area contributed by atoms with Crippen molar-refractivity contribution in [1.29, 1.82) is 0 Å². The average molecular weight is 288 g/mol. The number of methoxy groups -OCH3 is 2. The fraction of sp³-hybridized carbons (Fsp3) is 0.529.